The van der Waals surface area contributed by atoms with Crippen molar-refractivity contribution in [3.63, 3.8) is 0 Å². The minimum Gasteiger partial charge on any atom is -0.385 e. The summed E-state index contributed by atoms with van der Waals surface area (Å²) in [5.74, 6) is 0.115. The summed E-state index contributed by atoms with van der Waals surface area (Å²) in [7, 11) is 1.54. The fourth-order valence-corrected chi connectivity index (χ4v) is 3.26. The van der Waals surface area contributed by atoms with Gasteiger partial charge in [0, 0.05) is 34.4 Å². The Balaban J connectivity index is 4.08. The van der Waals surface area contributed by atoms with E-state index in [-0.39, 0.29) is 10.6 Å². The highest BCUT2D eigenvalue weighted by atomic mass is 79.9. The lowest BCUT2D eigenvalue weighted by atomic mass is 10.4. The van der Waals surface area contributed by atoms with Crippen molar-refractivity contribution in [3.05, 3.63) is 0 Å². The Kier molecular flexibility index (Phi) is 8.57. The molecule has 0 N–H and O–H groups in total. The Morgan fingerprint density at radius 1 is 1.31 bits per heavy atom. The van der Waals surface area contributed by atoms with Crippen LogP contribution in [0.4, 0.5) is 0 Å². The molecule has 1 unspecified atom stereocenters. The van der Waals surface area contributed by atoms with E-state index in [1.165, 1.54) is 4.31 Å². The highest BCUT2D eigenvalue weighted by Gasteiger charge is 2.19. The summed E-state index contributed by atoms with van der Waals surface area (Å²) in [5.41, 5.74) is 0. The molecule has 0 aliphatic heterocycles. The number of nitrogens with zero attached hydrogens (tertiary/aromatic N) is 1. The minimum absolute atomic E-state index is 0.0136. The highest BCUT2D eigenvalue weighted by molar-refractivity contribution is 9.09. The zero-order valence-corrected chi connectivity index (χ0v) is 12.4. The first kappa shape index (κ1) is 16.3. The van der Waals surface area contributed by atoms with Gasteiger partial charge in [-0.05, 0) is 6.42 Å². The fraction of sp³-hybridized carbons (Fsp3) is 1.00. The molecule has 0 bridgehead atoms. The van der Waals surface area contributed by atoms with Gasteiger partial charge in [0.05, 0.1) is 17.2 Å². The molecule has 0 aliphatic rings. The molecule has 0 rings (SSSR count). The summed E-state index contributed by atoms with van der Waals surface area (Å²) < 4.78 is 34.6. The average Bonchev–Trinajstić information content (AvgIpc) is 2.18. The van der Waals surface area contributed by atoms with E-state index in [0.29, 0.717) is 26.2 Å². The van der Waals surface area contributed by atoms with Crippen molar-refractivity contribution in [2.24, 2.45) is 0 Å². The van der Waals surface area contributed by atoms with E-state index in [9.17, 15) is 8.42 Å². The lowest BCUT2D eigenvalue weighted by Gasteiger charge is -2.19. The zero-order chi connectivity index (χ0) is 12.6. The van der Waals surface area contributed by atoms with E-state index in [4.69, 9.17) is 9.47 Å². The van der Waals surface area contributed by atoms with Crippen molar-refractivity contribution in [3.8, 4) is 0 Å². The monoisotopic (exact) mass is 317 g/mol. The largest absolute Gasteiger partial charge is 0.385 e. The number of ether oxygens (including phenoxy) is 2. The second-order valence-corrected chi connectivity index (χ2v) is 6.99. The van der Waals surface area contributed by atoms with E-state index < -0.39 is 10.0 Å². The van der Waals surface area contributed by atoms with Crippen LogP contribution in [0.1, 0.15) is 6.42 Å². The van der Waals surface area contributed by atoms with Gasteiger partial charge in [-0.25, -0.2) is 12.7 Å². The van der Waals surface area contributed by atoms with Crippen LogP contribution in [0.3, 0.4) is 0 Å². The maximum Gasteiger partial charge on any atom is 0.213 e. The summed E-state index contributed by atoms with van der Waals surface area (Å²) in [4.78, 5) is 0.0136. The summed E-state index contributed by atoms with van der Waals surface area (Å²) in [6.07, 6.45) is 0.514. The van der Waals surface area contributed by atoms with Gasteiger partial charge in [0.2, 0.25) is 10.0 Å². The first-order valence-electron chi connectivity index (χ1n) is 5.00. The molecule has 0 amide bonds. The summed E-state index contributed by atoms with van der Waals surface area (Å²) in [5, 5.41) is 0. The predicted octanol–water partition coefficient (Wildman–Crippen LogP) is 0.694. The van der Waals surface area contributed by atoms with Gasteiger partial charge in [0.1, 0.15) is 0 Å². The van der Waals surface area contributed by atoms with Gasteiger partial charge in [0.15, 0.2) is 0 Å². The number of hydrogen-bond acceptors (Lipinski definition) is 4. The van der Waals surface area contributed by atoms with E-state index in [2.05, 4.69) is 15.9 Å². The lowest BCUT2D eigenvalue weighted by molar-refractivity contribution is 0.194. The molecule has 0 aromatic rings. The summed E-state index contributed by atoms with van der Waals surface area (Å²) in [6, 6.07) is 0. The molecule has 0 heterocycles. The smallest absolute Gasteiger partial charge is 0.213 e. The topological polar surface area (TPSA) is 55.8 Å². The predicted molar refractivity (Wildman–Crippen MR) is 67.5 cm³/mol. The van der Waals surface area contributed by atoms with E-state index in [1.54, 1.807) is 21.3 Å². The second kappa shape index (κ2) is 8.41. The van der Waals surface area contributed by atoms with Crippen molar-refractivity contribution in [1.29, 1.82) is 0 Å². The van der Waals surface area contributed by atoms with Crippen LogP contribution in [-0.4, -0.2) is 64.3 Å². The molecular formula is C9H20BrNO4S. The third-order valence-corrected chi connectivity index (χ3v) is 4.49. The molecule has 0 radical (unpaired) electrons. The average molecular weight is 318 g/mol. The van der Waals surface area contributed by atoms with E-state index in [1.807, 2.05) is 0 Å². The Bertz CT molecular complexity index is 271. The number of methoxy groups -OCH3 is 2. The number of halogens is 1. The van der Waals surface area contributed by atoms with Crippen LogP contribution in [-0.2, 0) is 19.5 Å². The Hall–Kier alpha value is 0.310. The van der Waals surface area contributed by atoms with Gasteiger partial charge in [-0.15, -0.1) is 0 Å². The maximum absolute atomic E-state index is 11.8. The normalized spacial score (nSPS) is 14.3. The van der Waals surface area contributed by atoms with E-state index in [0.717, 1.165) is 0 Å². The van der Waals surface area contributed by atoms with Crippen molar-refractivity contribution in [2.45, 2.75) is 11.2 Å². The Morgan fingerprint density at radius 2 is 1.94 bits per heavy atom. The van der Waals surface area contributed by atoms with Gasteiger partial charge in [-0.1, -0.05) is 15.9 Å². The molecule has 0 fully saturated rings. The molecule has 0 spiro atoms. The molecular weight excluding hydrogens is 298 g/mol. The molecule has 0 saturated heterocycles. The molecule has 0 aromatic carbocycles. The van der Waals surface area contributed by atoms with Crippen LogP contribution in [0.2, 0.25) is 0 Å². The lowest BCUT2D eigenvalue weighted by Crippen LogP contribution is -2.35. The van der Waals surface area contributed by atoms with Crippen LogP contribution >= 0.6 is 15.9 Å². The third-order valence-electron chi connectivity index (χ3n) is 2.03. The maximum atomic E-state index is 11.8. The van der Waals surface area contributed by atoms with Gasteiger partial charge >= 0.3 is 0 Å². The van der Waals surface area contributed by atoms with E-state index >= 15 is 0 Å². The summed E-state index contributed by atoms with van der Waals surface area (Å²) >= 11 is 3.36. The zero-order valence-electron chi connectivity index (χ0n) is 9.98. The minimum atomic E-state index is -3.18. The highest BCUT2D eigenvalue weighted by Crippen LogP contribution is 2.07. The number of hydrogen-bond donors (Lipinski definition) is 0. The third kappa shape index (κ3) is 6.80. The fourth-order valence-electron chi connectivity index (χ4n) is 1.17. The van der Waals surface area contributed by atoms with Crippen molar-refractivity contribution < 1.29 is 17.9 Å². The molecule has 5 nitrogen and oxygen atoms in total. The van der Waals surface area contributed by atoms with Gasteiger partial charge in [-0.2, -0.15) is 0 Å². The van der Waals surface area contributed by atoms with Crippen LogP contribution in [0.15, 0.2) is 0 Å². The van der Waals surface area contributed by atoms with Crippen LogP contribution in [0.25, 0.3) is 0 Å². The SMILES string of the molecule is COCCCS(=O)(=O)N(C)CC(Br)COC. The molecule has 0 saturated carbocycles. The number of alkyl halides is 1. The van der Waals surface area contributed by atoms with Gasteiger partial charge in [-0.3, -0.25) is 0 Å². The quantitative estimate of drug-likeness (QED) is 0.464. The van der Waals surface area contributed by atoms with Gasteiger partial charge < -0.3 is 9.47 Å². The standard InChI is InChI=1S/C9H20BrNO4S/c1-11(7-9(10)8-15-3)16(12,13)6-4-5-14-2/h9H,4-8H2,1-3H3. The summed E-state index contributed by atoms with van der Waals surface area (Å²) in [6.45, 7) is 1.35. The van der Waals surface area contributed by atoms with Crippen LogP contribution < -0.4 is 0 Å². The first-order valence-corrected chi connectivity index (χ1v) is 7.52. The second-order valence-electron chi connectivity index (χ2n) is 3.50. The van der Waals surface area contributed by atoms with Crippen molar-refractivity contribution in [1.82, 2.24) is 4.31 Å². The molecule has 16 heavy (non-hydrogen) atoms. The van der Waals surface area contributed by atoms with Crippen molar-refractivity contribution >= 4 is 26.0 Å². The van der Waals surface area contributed by atoms with Gasteiger partial charge in [0.25, 0.3) is 0 Å². The molecule has 0 aromatic heterocycles. The van der Waals surface area contributed by atoms with Crippen LogP contribution in [0, 0.1) is 0 Å². The molecule has 0 aliphatic carbocycles. The Labute approximate surface area is 106 Å². The molecule has 7 heteroatoms. The molecule has 98 valence electrons. The Morgan fingerprint density at radius 3 is 2.44 bits per heavy atom. The number of rotatable bonds is 9. The van der Waals surface area contributed by atoms with Crippen molar-refractivity contribution in [2.75, 3.05) is 46.8 Å². The number of sulfonamides is 1. The van der Waals surface area contributed by atoms with Crippen LogP contribution in [0.5, 0.6) is 0 Å². The molecule has 1 atom stereocenters. The first-order chi connectivity index (χ1) is 7.44.